The second-order valence-electron chi connectivity index (χ2n) is 11.3. The van der Waals surface area contributed by atoms with Crippen LogP contribution in [0.2, 0.25) is 0 Å². The fourth-order valence-electron chi connectivity index (χ4n) is 4.85. The van der Waals surface area contributed by atoms with Crippen molar-refractivity contribution in [2.45, 2.75) is 123 Å². The summed E-state index contributed by atoms with van der Waals surface area (Å²) >= 11 is 4.38. The Bertz CT molecular complexity index is 878. The summed E-state index contributed by atoms with van der Waals surface area (Å²) < 4.78 is 5.40. The van der Waals surface area contributed by atoms with Crippen LogP contribution in [0.4, 0.5) is 4.79 Å². The summed E-state index contributed by atoms with van der Waals surface area (Å²) in [6, 6.07) is 6.35. The molecular weight excluding hydrogens is 498 g/mol. The van der Waals surface area contributed by atoms with E-state index in [0.29, 0.717) is 6.54 Å². The molecule has 1 aliphatic rings. The molecule has 1 fully saturated rings. The quantitative estimate of drug-likeness (QED) is 0.210. The van der Waals surface area contributed by atoms with Crippen molar-refractivity contribution >= 4 is 30.5 Å². The van der Waals surface area contributed by atoms with E-state index in [-0.39, 0.29) is 23.6 Å². The summed E-state index contributed by atoms with van der Waals surface area (Å²) in [6.07, 6.45) is 9.36. The van der Waals surface area contributed by atoms with Gasteiger partial charge < -0.3 is 20.3 Å². The average molecular weight is 548 g/mol. The second-order valence-corrected chi connectivity index (χ2v) is 11.7. The van der Waals surface area contributed by atoms with Gasteiger partial charge >= 0.3 is 6.09 Å². The molecule has 2 unspecified atom stereocenters. The number of benzene rings is 1. The van der Waals surface area contributed by atoms with Gasteiger partial charge in [-0.25, -0.2) is 4.79 Å². The van der Waals surface area contributed by atoms with Crippen molar-refractivity contribution in [3.8, 4) is 0 Å². The van der Waals surface area contributed by atoms with Crippen LogP contribution in [0.3, 0.4) is 0 Å². The highest BCUT2D eigenvalue weighted by molar-refractivity contribution is 7.80. The van der Waals surface area contributed by atoms with Gasteiger partial charge in [-0.2, -0.15) is 12.6 Å². The molecule has 3 amide bonds. The molecule has 0 aliphatic heterocycles. The summed E-state index contributed by atoms with van der Waals surface area (Å²) in [5.41, 5.74) is 1.24. The van der Waals surface area contributed by atoms with Crippen LogP contribution in [0.1, 0.15) is 110 Å². The Morgan fingerprint density at radius 1 is 1.03 bits per heavy atom. The van der Waals surface area contributed by atoms with Crippen molar-refractivity contribution in [2.75, 3.05) is 12.3 Å². The Labute approximate surface area is 235 Å². The van der Waals surface area contributed by atoms with E-state index in [1.807, 2.05) is 24.3 Å². The van der Waals surface area contributed by atoms with E-state index in [2.05, 4.69) is 37.1 Å². The predicted octanol–water partition coefficient (Wildman–Crippen LogP) is 5.97. The first-order valence-electron chi connectivity index (χ1n) is 14.4. The molecule has 0 spiro atoms. The fraction of sp³-hybridized carbons (Fsp3) is 0.700. The first-order valence-corrected chi connectivity index (χ1v) is 15.0. The minimum atomic E-state index is -0.917. The molecule has 214 valence electrons. The lowest BCUT2D eigenvalue weighted by atomic mass is 9.94. The number of aryl methyl sites for hydroxylation is 1. The molecule has 0 saturated heterocycles. The van der Waals surface area contributed by atoms with Crippen molar-refractivity contribution in [2.24, 2.45) is 0 Å². The molecular formula is C30H49N3O4S. The number of carbonyl (C=O) groups is 3. The van der Waals surface area contributed by atoms with Gasteiger partial charge in [-0.1, -0.05) is 76.6 Å². The van der Waals surface area contributed by atoms with E-state index in [0.717, 1.165) is 63.4 Å². The van der Waals surface area contributed by atoms with Crippen molar-refractivity contribution in [1.82, 2.24) is 15.5 Å². The van der Waals surface area contributed by atoms with Crippen LogP contribution in [-0.4, -0.2) is 52.8 Å². The van der Waals surface area contributed by atoms with Crippen LogP contribution in [0, 0.1) is 0 Å². The number of amides is 3. The smallest absolute Gasteiger partial charge is 0.408 e. The lowest BCUT2D eigenvalue weighted by Crippen LogP contribution is -2.54. The highest BCUT2D eigenvalue weighted by atomic mass is 32.1. The molecule has 7 nitrogen and oxygen atoms in total. The molecule has 2 rings (SSSR count). The monoisotopic (exact) mass is 547 g/mol. The van der Waals surface area contributed by atoms with E-state index >= 15 is 0 Å². The summed E-state index contributed by atoms with van der Waals surface area (Å²) in [6.45, 7) is 9.96. The normalized spacial score (nSPS) is 15.8. The molecule has 0 bridgehead atoms. The van der Waals surface area contributed by atoms with Gasteiger partial charge in [-0.05, 0) is 57.6 Å². The Morgan fingerprint density at radius 3 is 2.24 bits per heavy atom. The summed E-state index contributed by atoms with van der Waals surface area (Å²) in [5.74, 6) is -0.402. The van der Waals surface area contributed by atoms with E-state index < -0.39 is 23.8 Å². The number of unbranched alkanes of at least 4 members (excludes halogenated alkanes) is 3. The lowest BCUT2D eigenvalue weighted by Gasteiger charge is -2.35. The second kappa shape index (κ2) is 16.0. The number of nitrogens with zero attached hydrogens (tertiary/aromatic N) is 1. The Balaban J connectivity index is 2.40. The molecule has 1 aliphatic carbocycles. The first-order chi connectivity index (χ1) is 18.1. The Morgan fingerprint density at radius 2 is 1.68 bits per heavy atom. The van der Waals surface area contributed by atoms with Crippen LogP contribution in [0.15, 0.2) is 24.3 Å². The molecule has 2 N–H and O–H groups in total. The third-order valence-corrected chi connectivity index (χ3v) is 7.29. The van der Waals surface area contributed by atoms with Gasteiger partial charge in [0.15, 0.2) is 0 Å². The molecule has 2 atom stereocenters. The van der Waals surface area contributed by atoms with Gasteiger partial charge in [0.1, 0.15) is 17.7 Å². The highest BCUT2D eigenvalue weighted by Crippen LogP contribution is 2.26. The zero-order valence-electron chi connectivity index (χ0n) is 24.1. The molecule has 0 heterocycles. The number of thiol groups is 1. The van der Waals surface area contributed by atoms with E-state index in [4.69, 9.17) is 4.74 Å². The number of nitrogens with one attached hydrogen (secondary N) is 2. The summed E-state index contributed by atoms with van der Waals surface area (Å²) in [7, 11) is 0. The van der Waals surface area contributed by atoms with Gasteiger partial charge in [0.25, 0.3) is 0 Å². The third-order valence-electron chi connectivity index (χ3n) is 6.92. The topological polar surface area (TPSA) is 87.7 Å². The average Bonchev–Trinajstić information content (AvgIpc) is 2.88. The van der Waals surface area contributed by atoms with Crippen molar-refractivity contribution in [3.63, 3.8) is 0 Å². The van der Waals surface area contributed by atoms with E-state index in [9.17, 15) is 14.4 Å². The van der Waals surface area contributed by atoms with Gasteiger partial charge in [-0.15, -0.1) is 0 Å². The number of rotatable bonds is 13. The Hall–Kier alpha value is -2.22. The van der Waals surface area contributed by atoms with Gasteiger partial charge in [0.05, 0.1) is 0 Å². The zero-order chi connectivity index (χ0) is 28.1. The zero-order valence-corrected chi connectivity index (χ0v) is 24.9. The van der Waals surface area contributed by atoms with Gasteiger partial charge in [0, 0.05) is 18.3 Å². The molecule has 1 aromatic carbocycles. The summed E-state index contributed by atoms with van der Waals surface area (Å²) in [5, 5.41) is 5.94. The first kappa shape index (κ1) is 32.0. The highest BCUT2D eigenvalue weighted by Gasteiger charge is 2.36. The molecule has 8 heteroatoms. The van der Waals surface area contributed by atoms with Crippen LogP contribution >= 0.6 is 12.6 Å². The maximum absolute atomic E-state index is 14.0. The fourth-order valence-corrected chi connectivity index (χ4v) is 5.09. The largest absolute Gasteiger partial charge is 0.444 e. The number of ether oxygens (including phenoxy) is 1. The minimum absolute atomic E-state index is 0.0925. The lowest BCUT2D eigenvalue weighted by molar-refractivity contribution is -0.142. The van der Waals surface area contributed by atoms with E-state index in [1.54, 1.807) is 25.7 Å². The molecule has 1 saturated carbocycles. The minimum Gasteiger partial charge on any atom is -0.444 e. The van der Waals surface area contributed by atoms with Crippen LogP contribution < -0.4 is 10.6 Å². The molecule has 0 aromatic heterocycles. The summed E-state index contributed by atoms with van der Waals surface area (Å²) in [4.78, 5) is 42.1. The maximum Gasteiger partial charge on any atom is 0.408 e. The van der Waals surface area contributed by atoms with Crippen LogP contribution in [0.5, 0.6) is 0 Å². The van der Waals surface area contributed by atoms with Crippen molar-refractivity contribution in [3.05, 3.63) is 35.4 Å². The SMILES string of the molecule is CCCCCCN(C(=O)C(CS)NC(=O)OC(C)(C)C)C(C(=O)NC1CCCCC1)c1ccc(CC)cc1. The third kappa shape index (κ3) is 10.5. The molecule has 1 aromatic rings. The van der Waals surface area contributed by atoms with Crippen molar-refractivity contribution in [1.29, 1.82) is 0 Å². The van der Waals surface area contributed by atoms with Crippen LogP contribution in [-0.2, 0) is 20.7 Å². The standard InChI is InChI=1S/C30H49N3O4S/c1-6-8-9-13-20-33(28(35)25(21-38)32-29(36)37-30(3,4)5)26(23-18-16-22(7-2)17-19-23)27(34)31-24-14-11-10-12-15-24/h16-19,24-26,38H,6-15,20-21H2,1-5H3,(H,31,34)(H,32,36). The number of alkyl carbamates (subject to hydrolysis) is 1. The number of hydrogen-bond donors (Lipinski definition) is 3. The van der Waals surface area contributed by atoms with Crippen LogP contribution in [0.25, 0.3) is 0 Å². The number of carbonyl (C=O) groups excluding carboxylic acids is 3. The van der Waals surface area contributed by atoms with Gasteiger partial charge in [-0.3, -0.25) is 9.59 Å². The van der Waals surface area contributed by atoms with Crippen molar-refractivity contribution < 1.29 is 19.1 Å². The predicted molar refractivity (Wildman–Crippen MR) is 156 cm³/mol. The molecule has 38 heavy (non-hydrogen) atoms. The molecule has 0 radical (unpaired) electrons. The van der Waals surface area contributed by atoms with E-state index in [1.165, 1.54) is 12.0 Å². The number of hydrogen-bond acceptors (Lipinski definition) is 5. The Kier molecular flexibility index (Phi) is 13.5. The van der Waals surface area contributed by atoms with Gasteiger partial charge in [0.2, 0.25) is 11.8 Å². The maximum atomic E-state index is 14.0.